The molecule has 0 amide bonds. The minimum Gasteiger partial charge on any atom is -0.394 e. The van der Waals surface area contributed by atoms with Crippen LogP contribution in [0.1, 0.15) is 16.7 Å². The zero-order valence-electron chi connectivity index (χ0n) is 25.2. The molecule has 262 valence electrons. The van der Waals surface area contributed by atoms with Crippen LogP contribution in [0.25, 0.3) is 0 Å². The van der Waals surface area contributed by atoms with E-state index in [2.05, 4.69) is 18.3 Å². The Hall–Kier alpha value is -1.90. The maximum atomic E-state index is 11.4. The molecule has 0 spiro atoms. The van der Waals surface area contributed by atoms with Crippen LogP contribution in [-0.4, -0.2) is 79.6 Å². The third-order valence-corrected chi connectivity index (χ3v) is 8.42. The first-order valence-electron chi connectivity index (χ1n) is 12.6. The van der Waals surface area contributed by atoms with E-state index in [9.17, 15) is 25.3 Å². The smallest absolute Gasteiger partial charge is 0.323 e. The Bertz CT molecular complexity index is 1530. The molecule has 46 heavy (non-hydrogen) atoms. The van der Waals surface area contributed by atoms with Crippen LogP contribution in [0.4, 0.5) is 0 Å². The SMILES string of the molecule is COS(=O)(=O)c1ccc(C)cc1.Cc1ccc(S(=O)(=O)Cl)cc1.Cc1ccc(S(=O)(=O)OOCCO)cc1.ClCCl.OCCOO. The maximum absolute atomic E-state index is 11.4. The Morgan fingerprint density at radius 1 is 0.609 bits per heavy atom. The summed E-state index contributed by atoms with van der Waals surface area (Å²) in [7, 11) is -4.71. The van der Waals surface area contributed by atoms with E-state index in [0.717, 1.165) is 23.8 Å². The van der Waals surface area contributed by atoms with E-state index in [1.54, 1.807) is 36.4 Å². The van der Waals surface area contributed by atoms with Crippen LogP contribution in [0.2, 0.25) is 0 Å². The molecule has 0 atom stereocenters. The molecule has 3 aromatic carbocycles. The molecule has 0 saturated carbocycles. The number of aliphatic hydroxyl groups is 2. The molecular weight excluding hydrogens is 735 g/mol. The van der Waals surface area contributed by atoms with Gasteiger partial charge in [-0.05, 0) is 57.2 Å². The number of aliphatic hydroxyl groups excluding tert-OH is 2. The van der Waals surface area contributed by atoms with Gasteiger partial charge >= 0.3 is 10.1 Å². The summed E-state index contributed by atoms with van der Waals surface area (Å²) in [5, 5.41) is 23.8. The van der Waals surface area contributed by atoms with Gasteiger partial charge in [-0.15, -0.1) is 27.5 Å². The first-order valence-corrected chi connectivity index (χ1v) is 18.8. The minimum atomic E-state index is -3.88. The van der Waals surface area contributed by atoms with Crippen molar-refractivity contribution in [2.75, 3.05) is 38.9 Å². The van der Waals surface area contributed by atoms with E-state index in [0.29, 0.717) is 0 Å². The molecule has 0 aliphatic heterocycles. The Morgan fingerprint density at radius 2 is 0.935 bits per heavy atom. The Balaban J connectivity index is 0. The average molecular weight is 772 g/mol. The van der Waals surface area contributed by atoms with Gasteiger partial charge < -0.3 is 10.2 Å². The second-order valence-corrected chi connectivity index (χ2v) is 14.8. The lowest BCUT2D eigenvalue weighted by atomic mass is 10.2. The Morgan fingerprint density at radius 3 is 1.20 bits per heavy atom. The van der Waals surface area contributed by atoms with Crippen molar-refractivity contribution < 1.29 is 59.0 Å². The highest BCUT2D eigenvalue weighted by atomic mass is 35.7. The molecule has 0 saturated heterocycles. The fourth-order valence-electron chi connectivity index (χ4n) is 2.42. The molecule has 3 aromatic rings. The van der Waals surface area contributed by atoms with Crippen molar-refractivity contribution >= 4 is 63.2 Å². The first kappa shape index (κ1) is 46.2. The summed E-state index contributed by atoms with van der Waals surface area (Å²) in [5.74, 6) is 0. The third kappa shape index (κ3) is 21.8. The number of hydrogen-bond donors (Lipinski definition) is 3. The van der Waals surface area contributed by atoms with Crippen molar-refractivity contribution in [2.24, 2.45) is 0 Å². The van der Waals surface area contributed by atoms with Crippen LogP contribution in [0.15, 0.2) is 87.5 Å². The summed E-state index contributed by atoms with van der Waals surface area (Å²) in [5.41, 5.74) is 2.98. The van der Waals surface area contributed by atoms with E-state index in [-0.39, 0.29) is 46.5 Å². The zero-order valence-corrected chi connectivity index (χ0v) is 30.0. The Kier molecular flexibility index (Phi) is 25.3. The molecule has 0 unspecified atom stereocenters. The van der Waals surface area contributed by atoms with Crippen LogP contribution in [-0.2, 0) is 47.6 Å². The highest BCUT2D eigenvalue weighted by molar-refractivity contribution is 8.13. The molecular formula is C27H37Cl3O13S3. The molecule has 3 N–H and O–H groups in total. The van der Waals surface area contributed by atoms with Crippen molar-refractivity contribution in [3.8, 4) is 0 Å². The largest absolute Gasteiger partial charge is 0.394 e. The highest BCUT2D eigenvalue weighted by Gasteiger charge is 2.15. The minimum absolute atomic E-state index is 0. The van der Waals surface area contributed by atoms with E-state index in [4.69, 9.17) is 49.4 Å². The third-order valence-electron chi connectivity index (χ3n) is 4.64. The molecule has 3 rings (SSSR count). The standard InChI is InChI=1S/C9H12O5S.C8H10O3S.C7H7ClO2S.C2H6O3.CH2Cl2/c1-8-2-4-9(5-3-8)15(11,12)14-13-7-6-10;1-7-3-5-8(6-4-7)12(9,10)11-2;1-6-2-4-7(5-3-6)11(8,9)10;3-1-2-5-4;2-1-3/h2-5,10H,6-7H2,1H3;3-6H,1-2H3;2-5H,1H3;3-4H,1-2H2;1H2. The molecule has 0 heterocycles. The normalized spacial score (nSPS) is 10.8. The van der Waals surface area contributed by atoms with Crippen molar-refractivity contribution in [3.63, 3.8) is 0 Å². The second-order valence-electron chi connectivity index (χ2n) is 8.22. The van der Waals surface area contributed by atoms with Crippen LogP contribution in [0.3, 0.4) is 0 Å². The van der Waals surface area contributed by atoms with E-state index in [1.165, 1.54) is 36.4 Å². The predicted molar refractivity (Wildman–Crippen MR) is 174 cm³/mol. The summed E-state index contributed by atoms with van der Waals surface area (Å²) < 4.78 is 74.9. The molecule has 0 fully saturated rings. The summed E-state index contributed by atoms with van der Waals surface area (Å²) in [6.07, 6.45) is 0. The maximum Gasteiger partial charge on any atom is 0.323 e. The van der Waals surface area contributed by atoms with Crippen LogP contribution < -0.4 is 0 Å². The summed E-state index contributed by atoms with van der Waals surface area (Å²) in [4.78, 5) is 8.09. The van der Waals surface area contributed by atoms with E-state index >= 15 is 0 Å². The van der Waals surface area contributed by atoms with E-state index in [1.807, 2.05) is 20.8 Å². The summed E-state index contributed by atoms with van der Waals surface area (Å²) >= 11 is 9.53. The van der Waals surface area contributed by atoms with Gasteiger partial charge in [0.05, 0.1) is 40.3 Å². The number of hydrogen-bond acceptors (Lipinski definition) is 13. The number of aryl methyl sites for hydroxylation is 3. The molecule has 0 aromatic heterocycles. The predicted octanol–water partition coefficient (Wildman–Crippen LogP) is 4.77. The molecule has 0 bridgehead atoms. The molecule has 0 radical (unpaired) electrons. The van der Waals surface area contributed by atoms with Gasteiger partial charge in [-0.3, -0.25) is 9.44 Å². The lowest BCUT2D eigenvalue weighted by molar-refractivity contribution is -0.246. The second kappa shape index (κ2) is 25.2. The lowest BCUT2D eigenvalue weighted by Gasteiger charge is -2.03. The van der Waals surface area contributed by atoms with Gasteiger partial charge in [0.15, 0.2) is 0 Å². The fraction of sp³-hybridized carbons (Fsp3) is 0.333. The number of halogens is 3. The van der Waals surface area contributed by atoms with E-state index < -0.39 is 29.3 Å². The van der Waals surface area contributed by atoms with Crippen molar-refractivity contribution in [1.29, 1.82) is 0 Å². The summed E-state index contributed by atoms with van der Waals surface area (Å²) in [6, 6.07) is 19.0. The fourth-order valence-corrected chi connectivity index (χ4v) is 4.60. The lowest BCUT2D eigenvalue weighted by Crippen LogP contribution is -2.09. The van der Waals surface area contributed by atoms with Gasteiger partial charge in [0.1, 0.15) is 13.2 Å². The van der Waals surface area contributed by atoms with Crippen LogP contribution in [0, 0.1) is 20.8 Å². The van der Waals surface area contributed by atoms with Gasteiger partial charge in [0.2, 0.25) is 0 Å². The molecule has 13 nitrogen and oxygen atoms in total. The average Bonchev–Trinajstić information content (AvgIpc) is 2.99. The van der Waals surface area contributed by atoms with Crippen LogP contribution in [0.5, 0.6) is 0 Å². The molecule has 19 heteroatoms. The van der Waals surface area contributed by atoms with Gasteiger partial charge in [-0.1, -0.05) is 53.1 Å². The Labute approximate surface area is 284 Å². The number of rotatable bonds is 10. The molecule has 0 aliphatic rings. The number of alkyl halides is 2. The van der Waals surface area contributed by atoms with Gasteiger partial charge in [0.25, 0.3) is 19.2 Å². The molecule has 0 aliphatic carbocycles. The quantitative estimate of drug-likeness (QED) is 0.0637. The van der Waals surface area contributed by atoms with Crippen molar-refractivity contribution in [3.05, 3.63) is 89.5 Å². The highest BCUT2D eigenvalue weighted by Crippen LogP contribution is 2.15. The zero-order chi connectivity index (χ0) is 35.8. The topological polar surface area (TPSA) is 200 Å². The first-order chi connectivity index (χ1) is 21.4. The van der Waals surface area contributed by atoms with Gasteiger partial charge in [-0.25, -0.2) is 18.2 Å². The van der Waals surface area contributed by atoms with Gasteiger partial charge in [-0.2, -0.15) is 16.8 Å². The summed E-state index contributed by atoms with van der Waals surface area (Å²) in [6.45, 7) is 5.00. The van der Waals surface area contributed by atoms with Crippen LogP contribution >= 0.6 is 33.9 Å². The monoisotopic (exact) mass is 770 g/mol. The van der Waals surface area contributed by atoms with Crippen molar-refractivity contribution in [1.82, 2.24) is 0 Å². The number of benzene rings is 3. The van der Waals surface area contributed by atoms with Gasteiger partial charge in [0, 0.05) is 10.7 Å². The van der Waals surface area contributed by atoms with Crippen molar-refractivity contribution in [2.45, 2.75) is 35.5 Å².